The van der Waals surface area contributed by atoms with Gasteiger partial charge in [0.2, 0.25) is 0 Å². The van der Waals surface area contributed by atoms with Crippen molar-refractivity contribution < 1.29 is 0 Å². The Morgan fingerprint density at radius 1 is 1.17 bits per heavy atom. The Hall–Kier alpha value is -0.0400. The molecule has 3 unspecified atom stereocenters. The SMILES string of the molecule is CCCCCC1(CNC(C)(C)C)CC2CCC1C2. The van der Waals surface area contributed by atoms with E-state index < -0.39 is 0 Å². The van der Waals surface area contributed by atoms with E-state index >= 15 is 0 Å². The third kappa shape index (κ3) is 3.29. The van der Waals surface area contributed by atoms with E-state index in [1.54, 1.807) is 0 Å². The third-order valence-corrected chi connectivity index (χ3v) is 5.35. The van der Waals surface area contributed by atoms with E-state index in [0.717, 1.165) is 11.8 Å². The fraction of sp³-hybridized carbons (Fsp3) is 1.00. The van der Waals surface area contributed by atoms with Crippen LogP contribution < -0.4 is 5.32 Å². The maximum absolute atomic E-state index is 3.82. The lowest BCUT2D eigenvalue weighted by Crippen LogP contribution is -2.46. The fourth-order valence-corrected chi connectivity index (χ4v) is 4.34. The van der Waals surface area contributed by atoms with Crippen LogP contribution in [0.25, 0.3) is 0 Å². The van der Waals surface area contributed by atoms with E-state index in [0.29, 0.717) is 5.41 Å². The molecule has 0 aliphatic heterocycles. The first-order valence-electron chi connectivity index (χ1n) is 8.20. The fourth-order valence-electron chi connectivity index (χ4n) is 4.34. The van der Waals surface area contributed by atoms with Gasteiger partial charge in [-0.3, -0.25) is 0 Å². The summed E-state index contributed by atoms with van der Waals surface area (Å²) < 4.78 is 0. The molecule has 106 valence electrons. The Morgan fingerprint density at radius 2 is 1.94 bits per heavy atom. The average molecular weight is 251 g/mol. The Kier molecular flexibility index (Phi) is 4.41. The maximum atomic E-state index is 3.82. The molecule has 0 spiro atoms. The first-order chi connectivity index (χ1) is 8.45. The van der Waals surface area contributed by atoms with Crippen LogP contribution in [0.5, 0.6) is 0 Å². The minimum atomic E-state index is 0.277. The summed E-state index contributed by atoms with van der Waals surface area (Å²) >= 11 is 0. The van der Waals surface area contributed by atoms with Crippen LogP contribution in [-0.2, 0) is 0 Å². The van der Waals surface area contributed by atoms with Gasteiger partial charge in [-0.2, -0.15) is 0 Å². The van der Waals surface area contributed by atoms with Gasteiger partial charge in [0, 0.05) is 12.1 Å². The summed E-state index contributed by atoms with van der Waals surface area (Å²) in [5, 5.41) is 3.82. The first kappa shape index (κ1) is 14.4. The van der Waals surface area contributed by atoms with Crippen LogP contribution in [0.15, 0.2) is 0 Å². The van der Waals surface area contributed by atoms with E-state index in [1.807, 2.05) is 0 Å². The number of unbranched alkanes of at least 4 members (excludes halogenated alkanes) is 2. The van der Waals surface area contributed by atoms with E-state index in [2.05, 4.69) is 33.0 Å². The first-order valence-corrected chi connectivity index (χ1v) is 8.20. The summed E-state index contributed by atoms with van der Waals surface area (Å²) in [5.41, 5.74) is 0.935. The number of hydrogen-bond donors (Lipinski definition) is 1. The number of fused-ring (bicyclic) bond motifs is 2. The van der Waals surface area contributed by atoms with Crippen LogP contribution >= 0.6 is 0 Å². The molecular formula is C17H33N. The van der Waals surface area contributed by atoms with Crippen LogP contribution in [-0.4, -0.2) is 12.1 Å². The predicted octanol–water partition coefficient (Wildman–Crippen LogP) is 4.76. The van der Waals surface area contributed by atoms with Gasteiger partial charge < -0.3 is 5.32 Å². The molecule has 3 atom stereocenters. The molecule has 1 nitrogen and oxygen atoms in total. The molecule has 0 aromatic heterocycles. The Balaban J connectivity index is 1.95. The summed E-state index contributed by atoms with van der Waals surface area (Å²) in [6, 6.07) is 0. The Bertz CT molecular complexity index is 265. The molecule has 2 fully saturated rings. The number of hydrogen-bond acceptors (Lipinski definition) is 1. The number of nitrogens with one attached hydrogen (secondary N) is 1. The van der Waals surface area contributed by atoms with Crippen molar-refractivity contribution in [1.82, 2.24) is 5.32 Å². The summed E-state index contributed by atoms with van der Waals surface area (Å²) in [6.07, 6.45) is 11.8. The zero-order valence-corrected chi connectivity index (χ0v) is 13.0. The van der Waals surface area contributed by atoms with E-state index in [1.165, 1.54) is 57.9 Å². The molecule has 18 heavy (non-hydrogen) atoms. The zero-order chi connectivity index (χ0) is 13.2. The van der Waals surface area contributed by atoms with Gasteiger partial charge in [-0.05, 0) is 63.7 Å². The van der Waals surface area contributed by atoms with Gasteiger partial charge in [0.05, 0.1) is 0 Å². The van der Waals surface area contributed by atoms with Crippen molar-refractivity contribution in [2.45, 2.75) is 84.6 Å². The molecule has 0 heterocycles. The highest BCUT2D eigenvalue weighted by Gasteiger charge is 2.50. The van der Waals surface area contributed by atoms with Crippen molar-refractivity contribution in [3.8, 4) is 0 Å². The van der Waals surface area contributed by atoms with Crippen LogP contribution in [0.4, 0.5) is 0 Å². The van der Waals surface area contributed by atoms with Gasteiger partial charge in [0.1, 0.15) is 0 Å². The minimum absolute atomic E-state index is 0.277. The van der Waals surface area contributed by atoms with Gasteiger partial charge in [-0.15, -0.1) is 0 Å². The van der Waals surface area contributed by atoms with E-state index in [9.17, 15) is 0 Å². The van der Waals surface area contributed by atoms with Crippen LogP contribution in [0, 0.1) is 17.3 Å². The maximum Gasteiger partial charge on any atom is 0.00967 e. The minimum Gasteiger partial charge on any atom is -0.312 e. The summed E-state index contributed by atoms with van der Waals surface area (Å²) in [5.74, 6) is 2.10. The van der Waals surface area contributed by atoms with Crippen molar-refractivity contribution >= 4 is 0 Å². The van der Waals surface area contributed by atoms with Crippen molar-refractivity contribution in [2.75, 3.05) is 6.54 Å². The predicted molar refractivity (Wildman–Crippen MR) is 79.8 cm³/mol. The van der Waals surface area contributed by atoms with Crippen molar-refractivity contribution in [3.63, 3.8) is 0 Å². The topological polar surface area (TPSA) is 12.0 Å². The van der Waals surface area contributed by atoms with E-state index in [-0.39, 0.29) is 5.54 Å². The monoisotopic (exact) mass is 251 g/mol. The molecule has 2 aliphatic rings. The Morgan fingerprint density at radius 3 is 2.44 bits per heavy atom. The van der Waals surface area contributed by atoms with Crippen LogP contribution in [0.3, 0.4) is 0 Å². The molecule has 2 rings (SSSR count). The molecular weight excluding hydrogens is 218 g/mol. The molecule has 0 aromatic rings. The second-order valence-corrected chi connectivity index (χ2v) is 8.00. The highest BCUT2D eigenvalue weighted by Crippen LogP contribution is 2.58. The van der Waals surface area contributed by atoms with Crippen molar-refractivity contribution in [1.29, 1.82) is 0 Å². The van der Waals surface area contributed by atoms with E-state index in [4.69, 9.17) is 0 Å². The normalized spacial score (nSPS) is 35.3. The standard InChI is InChI=1S/C17H33N/c1-5-6-7-10-17(13-18-16(2,3)4)12-14-8-9-15(17)11-14/h14-15,18H,5-13H2,1-4H3. The van der Waals surface area contributed by atoms with Crippen LogP contribution in [0.1, 0.15) is 79.1 Å². The quantitative estimate of drug-likeness (QED) is 0.671. The van der Waals surface area contributed by atoms with Crippen molar-refractivity contribution in [2.24, 2.45) is 17.3 Å². The molecule has 0 saturated heterocycles. The second-order valence-electron chi connectivity index (χ2n) is 8.00. The van der Waals surface area contributed by atoms with Gasteiger partial charge in [-0.1, -0.05) is 32.6 Å². The molecule has 1 N–H and O–H groups in total. The molecule has 2 saturated carbocycles. The smallest absolute Gasteiger partial charge is 0.00967 e. The molecule has 0 amide bonds. The van der Waals surface area contributed by atoms with Gasteiger partial charge >= 0.3 is 0 Å². The summed E-state index contributed by atoms with van der Waals surface area (Å²) in [7, 11) is 0. The number of rotatable bonds is 6. The molecule has 0 aromatic carbocycles. The average Bonchev–Trinajstić information content (AvgIpc) is 2.86. The molecule has 2 bridgehead atoms. The molecule has 2 aliphatic carbocycles. The summed E-state index contributed by atoms with van der Waals surface area (Å²) in [6.45, 7) is 10.5. The van der Waals surface area contributed by atoms with Crippen LogP contribution in [0.2, 0.25) is 0 Å². The highest BCUT2D eigenvalue weighted by atomic mass is 15.0. The van der Waals surface area contributed by atoms with Crippen molar-refractivity contribution in [3.05, 3.63) is 0 Å². The second kappa shape index (κ2) is 5.53. The van der Waals surface area contributed by atoms with Gasteiger partial charge in [-0.25, -0.2) is 0 Å². The molecule has 0 radical (unpaired) electrons. The van der Waals surface area contributed by atoms with Gasteiger partial charge in [0.25, 0.3) is 0 Å². The Labute approximate surface area is 114 Å². The lowest BCUT2D eigenvalue weighted by molar-refractivity contribution is 0.126. The lowest BCUT2D eigenvalue weighted by Gasteiger charge is -2.40. The largest absolute Gasteiger partial charge is 0.312 e. The zero-order valence-electron chi connectivity index (χ0n) is 13.0. The lowest BCUT2D eigenvalue weighted by atomic mass is 9.69. The third-order valence-electron chi connectivity index (χ3n) is 5.35. The molecule has 1 heteroatoms. The highest BCUT2D eigenvalue weighted by molar-refractivity contribution is 5.02. The van der Waals surface area contributed by atoms with Gasteiger partial charge in [0.15, 0.2) is 0 Å². The summed E-state index contributed by atoms with van der Waals surface area (Å²) in [4.78, 5) is 0.